The smallest absolute Gasteiger partial charge is 0.0133 e. The molecule has 1 rings (SSSR count). The molecular formula is C5H9NS. The lowest BCUT2D eigenvalue weighted by Gasteiger charge is -2.17. The summed E-state index contributed by atoms with van der Waals surface area (Å²) in [7, 11) is 0. The van der Waals surface area contributed by atoms with Crippen LogP contribution in [0.4, 0.5) is 0 Å². The highest BCUT2D eigenvalue weighted by Gasteiger charge is 2.10. The minimum absolute atomic E-state index is 0.853. The van der Waals surface area contributed by atoms with Crippen LogP contribution in [-0.4, -0.2) is 5.75 Å². The average molecular weight is 115 g/mol. The summed E-state index contributed by atoms with van der Waals surface area (Å²) in [6, 6.07) is 0. The van der Waals surface area contributed by atoms with Gasteiger partial charge in [-0.3, -0.25) is 0 Å². The maximum absolute atomic E-state index is 5.46. The van der Waals surface area contributed by atoms with Crippen molar-refractivity contribution in [1.29, 1.82) is 0 Å². The second-order valence-corrected chi connectivity index (χ2v) is 2.10. The van der Waals surface area contributed by atoms with Crippen LogP contribution in [0.1, 0.15) is 12.8 Å². The molecule has 7 heavy (non-hydrogen) atoms. The van der Waals surface area contributed by atoms with Gasteiger partial charge in [-0.25, -0.2) is 0 Å². The number of thiol groups is 1. The summed E-state index contributed by atoms with van der Waals surface area (Å²) >= 11 is 4.07. The third-order valence-electron chi connectivity index (χ3n) is 1.34. The molecule has 0 aromatic rings. The Kier molecular flexibility index (Phi) is 1.28. The van der Waals surface area contributed by atoms with Crippen LogP contribution in [0, 0.1) is 0 Å². The van der Waals surface area contributed by atoms with Crippen LogP contribution in [0.2, 0.25) is 0 Å². The first-order valence-electron chi connectivity index (χ1n) is 2.42. The summed E-state index contributed by atoms with van der Waals surface area (Å²) in [4.78, 5) is 0. The summed E-state index contributed by atoms with van der Waals surface area (Å²) in [5, 5.41) is 0. The zero-order valence-electron chi connectivity index (χ0n) is 4.15. The highest BCUT2D eigenvalue weighted by Crippen LogP contribution is 2.23. The molecule has 0 bridgehead atoms. The molecule has 0 spiro atoms. The lowest BCUT2D eigenvalue weighted by atomic mass is 9.97. The first-order chi connectivity index (χ1) is 3.34. The zero-order chi connectivity index (χ0) is 5.28. The van der Waals surface area contributed by atoms with E-state index in [0.29, 0.717) is 0 Å². The molecule has 0 amide bonds. The van der Waals surface area contributed by atoms with E-state index in [1.807, 2.05) is 0 Å². The molecule has 1 aliphatic rings. The van der Waals surface area contributed by atoms with Crippen molar-refractivity contribution in [3.8, 4) is 0 Å². The SMILES string of the molecule is NC1=C(CS)CC1. The minimum Gasteiger partial charge on any atom is -0.402 e. The number of allylic oxidation sites excluding steroid dienone is 1. The molecule has 0 saturated heterocycles. The van der Waals surface area contributed by atoms with Crippen LogP contribution in [0.15, 0.2) is 11.3 Å². The molecule has 0 atom stereocenters. The zero-order valence-corrected chi connectivity index (χ0v) is 5.04. The van der Waals surface area contributed by atoms with Gasteiger partial charge in [0.1, 0.15) is 0 Å². The molecule has 1 nitrogen and oxygen atoms in total. The number of hydrogen-bond donors (Lipinski definition) is 2. The van der Waals surface area contributed by atoms with Crippen molar-refractivity contribution in [2.75, 3.05) is 5.75 Å². The molecule has 1 aliphatic carbocycles. The molecule has 40 valence electrons. The first-order valence-corrected chi connectivity index (χ1v) is 3.05. The Hall–Kier alpha value is -0.110. The second-order valence-electron chi connectivity index (χ2n) is 1.79. The van der Waals surface area contributed by atoms with Gasteiger partial charge in [0.2, 0.25) is 0 Å². The largest absolute Gasteiger partial charge is 0.402 e. The van der Waals surface area contributed by atoms with E-state index in [1.54, 1.807) is 0 Å². The highest BCUT2D eigenvalue weighted by molar-refractivity contribution is 7.80. The Morgan fingerprint density at radius 1 is 1.57 bits per heavy atom. The van der Waals surface area contributed by atoms with Crippen molar-refractivity contribution in [3.63, 3.8) is 0 Å². The Morgan fingerprint density at radius 3 is 2.29 bits per heavy atom. The Bertz CT molecular complexity index is 107. The van der Waals surface area contributed by atoms with E-state index in [2.05, 4.69) is 12.6 Å². The van der Waals surface area contributed by atoms with E-state index in [9.17, 15) is 0 Å². The van der Waals surface area contributed by atoms with Crippen molar-refractivity contribution in [2.45, 2.75) is 12.8 Å². The molecule has 0 heterocycles. The molecule has 0 radical (unpaired) electrons. The van der Waals surface area contributed by atoms with E-state index < -0.39 is 0 Å². The fraction of sp³-hybridized carbons (Fsp3) is 0.600. The summed E-state index contributed by atoms with van der Waals surface area (Å²) in [5.74, 6) is 0.853. The van der Waals surface area contributed by atoms with Crippen molar-refractivity contribution < 1.29 is 0 Å². The van der Waals surface area contributed by atoms with E-state index in [4.69, 9.17) is 5.73 Å². The quantitative estimate of drug-likeness (QED) is 0.488. The van der Waals surface area contributed by atoms with Gasteiger partial charge in [-0.2, -0.15) is 12.6 Å². The monoisotopic (exact) mass is 115 g/mol. The van der Waals surface area contributed by atoms with Gasteiger partial charge in [-0.05, 0) is 18.4 Å². The Balaban J connectivity index is 2.53. The van der Waals surface area contributed by atoms with Crippen molar-refractivity contribution in [3.05, 3.63) is 11.3 Å². The van der Waals surface area contributed by atoms with E-state index >= 15 is 0 Å². The first kappa shape index (κ1) is 5.04. The molecular weight excluding hydrogens is 106 g/mol. The summed E-state index contributed by atoms with van der Waals surface area (Å²) in [5.41, 5.74) is 7.87. The average Bonchev–Trinajstić information content (AvgIpc) is 1.65. The van der Waals surface area contributed by atoms with E-state index in [1.165, 1.54) is 12.0 Å². The molecule has 2 N–H and O–H groups in total. The normalized spacial score (nSPS) is 19.6. The van der Waals surface area contributed by atoms with Crippen LogP contribution in [0.25, 0.3) is 0 Å². The van der Waals surface area contributed by atoms with Gasteiger partial charge >= 0.3 is 0 Å². The van der Waals surface area contributed by atoms with Crippen molar-refractivity contribution in [2.24, 2.45) is 5.73 Å². The number of nitrogens with two attached hydrogens (primary N) is 1. The van der Waals surface area contributed by atoms with Crippen LogP contribution >= 0.6 is 12.6 Å². The standard InChI is InChI=1S/C5H9NS/c6-5-2-1-4(5)3-7/h7H,1-3,6H2. The molecule has 0 fully saturated rings. The predicted molar refractivity (Wildman–Crippen MR) is 34.3 cm³/mol. The fourth-order valence-electron chi connectivity index (χ4n) is 0.627. The van der Waals surface area contributed by atoms with E-state index in [-0.39, 0.29) is 0 Å². The molecule has 0 aromatic carbocycles. The summed E-state index contributed by atoms with van der Waals surface area (Å²) < 4.78 is 0. The number of hydrogen-bond acceptors (Lipinski definition) is 2. The summed E-state index contributed by atoms with van der Waals surface area (Å²) in [6.07, 6.45) is 2.27. The molecule has 0 unspecified atom stereocenters. The molecule has 0 aromatic heterocycles. The maximum Gasteiger partial charge on any atom is 0.0133 e. The minimum atomic E-state index is 0.853. The van der Waals surface area contributed by atoms with Crippen LogP contribution in [0.3, 0.4) is 0 Å². The molecule has 0 aliphatic heterocycles. The van der Waals surface area contributed by atoms with Gasteiger partial charge < -0.3 is 5.73 Å². The van der Waals surface area contributed by atoms with Gasteiger partial charge in [0.25, 0.3) is 0 Å². The lowest BCUT2D eigenvalue weighted by molar-refractivity contribution is 0.790. The maximum atomic E-state index is 5.46. The van der Waals surface area contributed by atoms with Crippen LogP contribution in [-0.2, 0) is 0 Å². The van der Waals surface area contributed by atoms with Gasteiger partial charge in [-0.15, -0.1) is 0 Å². The van der Waals surface area contributed by atoms with Gasteiger partial charge in [-0.1, -0.05) is 0 Å². The topological polar surface area (TPSA) is 26.0 Å². The third-order valence-corrected chi connectivity index (χ3v) is 1.72. The third kappa shape index (κ3) is 0.752. The van der Waals surface area contributed by atoms with Crippen molar-refractivity contribution >= 4 is 12.6 Å². The number of rotatable bonds is 1. The summed E-state index contributed by atoms with van der Waals surface area (Å²) in [6.45, 7) is 0. The Morgan fingerprint density at radius 2 is 2.29 bits per heavy atom. The Labute approximate surface area is 49.0 Å². The second kappa shape index (κ2) is 1.78. The predicted octanol–water partition coefficient (Wildman–Crippen LogP) is 0.923. The van der Waals surface area contributed by atoms with Crippen LogP contribution in [0.5, 0.6) is 0 Å². The highest BCUT2D eigenvalue weighted by atomic mass is 32.1. The van der Waals surface area contributed by atoms with Crippen LogP contribution < -0.4 is 5.73 Å². The van der Waals surface area contributed by atoms with Crippen molar-refractivity contribution in [1.82, 2.24) is 0 Å². The van der Waals surface area contributed by atoms with Gasteiger partial charge in [0.15, 0.2) is 0 Å². The van der Waals surface area contributed by atoms with E-state index in [0.717, 1.165) is 17.9 Å². The van der Waals surface area contributed by atoms with Gasteiger partial charge in [0, 0.05) is 11.4 Å². The lowest BCUT2D eigenvalue weighted by Crippen LogP contribution is -2.12. The van der Waals surface area contributed by atoms with Gasteiger partial charge in [0.05, 0.1) is 0 Å². The fourth-order valence-corrected chi connectivity index (χ4v) is 0.988. The molecule has 2 heteroatoms. The molecule has 0 saturated carbocycles.